The molecule has 0 saturated carbocycles. The van der Waals surface area contributed by atoms with E-state index in [-0.39, 0.29) is 5.91 Å². The van der Waals surface area contributed by atoms with Crippen molar-refractivity contribution in [3.8, 4) is 0 Å². The Morgan fingerprint density at radius 3 is 2.80 bits per heavy atom. The smallest absolute Gasteiger partial charge is 0.263 e. The van der Waals surface area contributed by atoms with Crippen LogP contribution in [0.3, 0.4) is 0 Å². The average molecular weight is 290 g/mol. The van der Waals surface area contributed by atoms with Crippen LogP contribution in [0.5, 0.6) is 0 Å². The van der Waals surface area contributed by atoms with Crippen LogP contribution in [-0.4, -0.2) is 31.2 Å². The summed E-state index contributed by atoms with van der Waals surface area (Å²) in [4.78, 5) is 17.2. The number of nitrogens with one attached hydrogen (secondary N) is 1. The van der Waals surface area contributed by atoms with Gasteiger partial charge in [0.25, 0.3) is 5.91 Å². The van der Waals surface area contributed by atoms with E-state index in [0.717, 1.165) is 17.1 Å². The van der Waals surface area contributed by atoms with Crippen LogP contribution in [0.25, 0.3) is 0 Å². The first-order valence-electron chi connectivity index (χ1n) is 6.48. The molecule has 0 aliphatic rings. The van der Waals surface area contributed by atoms with Crippen molar-refractivity contribution in [2.45, 2.75) is 13.3 Å². The zero-order valence-electron chi connectivity index (χ0n) is 11.7. The lowest BCUT2D eigenvalue weighted by molar-refractivity contribution is 0.0940. The lowest BCUT2D eigenvalue weighted by Gasteiger charge is -2.02. The fourth-order valence-corrected chi connectivity index (χ4v) is 2.87. The van der Waals surface area contributed by atoms with E-state index in [1.165, 1.54) is 16.9 Å². The minimum Gasteiger partial charge on any atom is -0.383 e. The number of carbonyl (C=O) groups excluding carboxylic acids is 1. The van der Waals surface area contributed by atoms with Crippen molar-refractivity contribution in [1.29, 1.82) is 0 Å². The minimum absolute atomic E-state index is 0.0728. The molecular weight excluding hydrogens is 272 g/mol. The van der Waals surface area contributed by atoms with Gasteiger partial charge in [-0.05, 0) is 12.5 Å². The molecule has 0 atom stereocenters. The van der Waals surface area contributed by atoms with Crippen LogP contribution < -0.4 is 5.32 Å². The van der Waals surface area contributed by atoms with Gasteiger partial charge >= 0.3 is 0 Å². The lowest BCUT2D eigenvalue weighted by atomic mass is 10.2. The highest BCUT2D eigenvalue weighted by molar-refractivity contribution is 7.13. The van der Waals surface area contributed by atoms with Crippen molar-refractivity contribution in [2.24, 2.45) is 0 Å². The number of hydrogen-bond acceptors (Lipinski definition) is 4. The van der Waals surface area contributed by atoms with Gasteiger partial charge in [0.1, 0.15) is 4.88 Å². The number of hydrogen-bond donors (Lipinski definition) is 1. The van der Waals surface area contributed by atoms with Crippen molar-refractivity contribution >= 4 is 17.2 Å². The Hall–Kier alpha value is -1.72. The summed E-state index contributed by atoms with van der Waals surface area (Å²) in [6.45, 7) is 2.90. The van der Waals surface area contributed by atoms with Gasteiger partial charge in [0.15, 0.2) is 0 Å². The van der Waals surface area contributed by atoms with Crippen LogP contribution in [0.1, 0.15) is 25.9 Å². The largest absolute Gasteiger partial charge is 0.383 e. The fraction of sp³-hybridized carbons (Fsp3) is 0.333. The number of nitrogens with zero attached hydrogens (tertiary/aromatic N) is 1. The topological polar surface area (TPSA) is 51.2 Å². The van der Waals surface area contributed by atoms with Gasteiger partial charge in [-0.15, -0.1) is 11.3 Å². The van der Waals surface area contributed by atoms with Crippen molar-refractivity contribution in [3.05, 3.63) is 51.5 Å². The van der Waals surface area contributed by atoms with Gasteiger partial charge in [0.05, 0.1) is 17.3 Å². The maximum Gasteiger partial charge on any atom is 0.263 e. The van der Waals surface area contributed by atoms with Crippen molar-refractivity contribution < 1.29 is 9.53 Å². The first-order valence-corrected chi connectivity index (χ1v) is 7.29. The summed E-state index contributed by atoms with van der Waals surface area (Å²) in [6, 6.07) is 10.1. The zero-order chi connectivity index (χ0) is 14.4. The van der Waals surface area contributed by atoms with E-state index < -0.39 is 0 Å². The molecule has 1 heterocycles. The molecule has 0 fully saturated rings. The third-order valence-corrected chi connectivity index (χ3v) is 3.99. The van der Waals surface area contributed by atoms with Crippen LogP contribution in [0.2, 0.25) is 0 Å². The van der Waals surface area contributed by atoms with Gasteiger partial charge in [-0.25, -0.2) is 4.98 Å². The number of carbonyl (C=O) groups is 1. The SMILES string of the molecule is COCCNC(=O)c1sc(Cc2ccccc2)nc1C. The Bertz CT molecular complexity index is 567. The average Bonchev–Trinajstić information content (AvgIpc) is 2.81. The molecule has 20 heavy (non-hydrogen) atoms. The second kappa shape index (κ2) is 7.17. The molecule has 0 bridgehead atoms. The Morgan fingerprint density at radius 2 is 2.10 bits per heavy atom. The van der Waals surface area contributed by atoms with Crippen molar-refractivity contribution in [2.75, 3.05) is 20.3 Å². The van der Waals surface area contributed by atoms with E-state index in [1.807, 2.05) is 25.1 Å². The first-order chi connectivity index (χ1) is 9.70. The number of rotatable bonds is 6. The van der Waals surface area contributed by atoms with Gasteiger partial charge in [0.2, 0.25) is 0 Å². The first kappa shape index (κ1) is 14.7. The van der Waals surface area contributed by atoms with Crippen LogP contribution >= 0.6 is 11.3 Å². The number of amides is 1. The monoisotopic (exact) mass is 290 g/mol. The summed E-state index contributed by atoms with van der Waals surface area (Å²) in [5.41, 5.74) is 1.99. The molecule has 4 nitrogen and oxygen atoms in total. The summed E-state index contributed by atoms with van der Waals surface area (Å²) in [5, 5.41) is 3.79. The molecule has 106 valence electrons. The van der Waals surface area contributed by atoms with E-state index in [2.05, 4.69) is 22.4 Å². The number of benzene rings is 1. The molecule has 2 aromatic rings. The van der Waals surface area contributed by atoms with Crippen molar-refractivity contribution in [3.63, 3.8) is 0 Å². The highest BCUT2D eigenvalue weighted by Crippen LogP contribution is 2.20. The maximum absolute atomic E-state index is 12.0. The van der Waals surface area contributed by atoms with Gasteiger partial charge in [-0.3, -0.25) is 4.79 Å². The molecule has 0 unspecified atom stereocenters. The number of aryl methyl sites for hydroxylation is 1. The molecule has 0 saturated heterocycles. The Labute approximate surface area is 122 Å². The molecule has 0 spiro atoms. The van der Waals surface area contributed by atoms with Gasteiger partial charge in [-0.1, -0.05) is 30.3 Å². The molecule has 1 N–H and O–H groups in total. The van der Waals surface area contributed by atoms with E-state index in [0.29, 0.717) is 18.0 Å². The quantitative estimate of drug-likeness (QED) is 0.831. The molecule has 1 aromatic heterocycles. The van der Waals surface area contributed by atoms with Gasteiger partial charge in [0, 0.05) is 20.1 Å². The van der Waals surface area contributed by atoms with E-state index in [9.17, 15) is 4.79 Å². The number of thiazole rings is 1. The molecular formula is C15H18N2O2S. The predicted octanol–water partition coefficient (Wildman–Crippen LogP) is 2.42. The highest BCUT2D eigenvalue weighted by atomic mass is 32.1. The van der Waals surface area contributed by atoms with Crippen LogP contribution in [-0.2, 0) is 11.2 Å². The van der Waals surface area contributed by atoms with Crippen molar-refractivity contribution in [1.82, 2.24) is 10.3 Å². The van der Waals surface area contributed by atoms with Gasteiger partial charge in [-0.2, -0.15) is 0 Å². The van der Waals surface area contributed by atoms with E-state index in [1.54, 1.807) is 7.11 Å². The second-order valence-corrected chi connectivity index (χ2v) is 5.52. The Morgan fingerprint density at radius 1 is 1.35 bits per heavy atom. The number of methoxy groups -OCH3 is 1. The standard InChI is InChI=1S/C15H18N2O2S/c1-11-14(15(18)16-8-9-19-2)20-13(17-11)10-12-6-4-3-5-7-12/h3-7H,8-10H2,1-2H3,(H,16,18). The van der Waals surface area contributed by atoms with E-state index >= 15 is 0 Å². The summed E-state index contributed by atoms with van der Waals surface area (Å²) < 4.78 is 4.92. The fourth-order valence-electron chi connectivity index (χ4n) is 1.86. The van der Waals surface area contributed by atoms with Crippen LogP contribution in [0.15, 0.2) is 30.3 Å². The maximum atomic E-state index is 12.0. The molecule has 0 aliphatic heterocycles. The summed E-state index contributed by atoms with van der Waals surface area (Å²) in [5.74, 6) is -0.0728. The summed E-state index contributed by atoms with van der Waals surface area (Å²) in [7, 11) is 1.61. The molecule has 2 rings (SSSR count). The molecule has 1 aromatic carbocycles. The van der Waals surface area contributed by atoms with Crippen LogP contribution in [0, 0.1) is 6.92 Å². The normalized spacial score (nSPS) is 10.5. The Kier molecular flexibility index (Phi) is 5.26. The molecule has 0 radical (unpaired) electrons. The highest BCUT2D eigenvalue weighted by Gasteiger charge is 2.14. The number of aromatic nitrogens is 1. The lowest BCUT2D eigenvalue weighted by Crippen LogP contribution is -2.26. The minimum atomic E-state index is -0.0728. The predicted molar refractivity (Wildman–Crippen MR) is 80.3 cm³/mol. The zero-order valence-corrected chi connectivity index (χ0v) is 12.5. The molecule has 5 heteroatoms. The van der Waals surface area contributed by atoms with Gasteiger partial charge < -0.3 is 10.1 Å². The second-order valence-electron chi connectivity index (χ2n) is 4.43. The molecule has 1 amide bonds. The third kappa shape index (κ3) is 3.88. The Balaban J connectivity index is 2.03. The number of ether oxygens (including phenoxy) is 1. The summed E-state index contributed by atoms with van der Waals surface area (Å²) in [6.07, 6.45) is 0.762. The van der Waals surface area contributed by atoms with E-state index in [4.69, 9.17) is 4.74 Å². The summed E-state index contributed by atoms with van der Waals surface area (Å²) >= 11 is 1.46. The third-order valence-electron chi connectivity index (χ3n) is 2.84. The molecule has 0 aliphatic carbocycles. The van der Waals surface area contributed by atoms with Crippen LogP contribution in [0.4, 0.5) is 0 Å².